The summed E-state index contributed by atoms with van der Waals surface area (Å²) in [6.45, 7) is 6.37. The Morgan fingerprint density at radius 2 is 1.79 bits per heavy atom. The van der Waals surface area contributed by atoms with Crippen molar-refractivity contribution in [1.82, 2.24) is 25.2 Å². The monoisotopic (exact) mass is 411 g/mol. The van der Waals surface area contributed by atoms with Gasteiger partial charge >= 0.3 is 0 Å². The number of halogens is 1. The van der Waals surface area contributed by atoms with Gasteiger partial charge in [0.2, 0.25) is 0 Å². The van der Waals surface area contributed by atoms with Gasteiger partial charge in [-0.15, -0.1) is 0 Å². The van der Waals surface area contributed by atoms with Crippen LogP contribution >= 0.6 is 23.8 Å². The average molecular weight is 412 g/mol. The molecule has 7 heteroatoms. The highest BCUT2D eigenvalue weighted by molar-refractivity contribution is 7.80. The predicted octanol–water partition coefficient (Wildman–Crippen LogP) is 4.14. The molecule has 0 radical (unpaired) electrons. The zero-order valence-electron chi connectivity index (χ0n) is 16.1. The summed E-state index contributed by atoms with van der Waals surface area (Å²) >= 11 is 11.8. The standard InChI is InChI=1S/C21H22ClN5S/c1-12-8-16-17(9-13(12)2)26-21-20(25-16)15-10-14(22)4-5-18(15)27(21)11-19(28)24-7-6-23-3/h4-5,8-10,23H,6-7,11H2,1-3H3,(H,24,28). The zero-order chi connectivity index (χ0) is 19.8. The van der Waals surface area contributed by atoms with E-state index in [4.69, 9.17) is 33.8 Å². The van der Waals surface area contributed by atoms with Crippen LogP contribution in [0.3, 0.4) is 0 Å². The molecule has 144 valence electrons. The Morgan fingerprint density at radius 1 is 1.07 bits per heavy atom. The number of likely N-dealkylation sites (N-methyl/N-ethyl adjacent to an activating group) is 1. The van der Waals surface area contributed by atoms with E-state index in [-0.39, 0.29) is 0 Å². The number of aromatic nitrogens is 3. The quantitative estimate of drug-likeness (QED) is 0.381. The second kappa shape index (κ2) is 7.62. The number of thiocarbonyl (C=S) groups is 1. The Labute approximate surface area is 174 Å². The van der Waals surface area contributed by atoms with Gasteiger partial charge in [-0.05, 0) is 62.4 Å². The maximum atomic E-state index is 6.28. The van der Waals surface area contributed by atoms with E-state index < -0.39 is 0 Å². The van der Waals surface area contributed by atoms with Gasteiger partial charge in [0, 0.05) is 23.5 Å². The smallest absolute Gasteiger partial charge is 0.160 e. The van der Waals surface area contributed by atoms with E-state index in [0.717, 1.165) is 51.2 Å². The third-order valence-corrected chi connectivity index (χ3v) is 5.53. The molecule has 0 saturated carbocycles. The second-order valence-corrected chi connectivity index (χ2v) is 7.95. The fourth-order valence-electron chi connectivity index (χ4n) is 3.41. The van der Waals surface area contributed by atoms with Crippen LogP contribution in [0.5, 0.6) is 0 Å². The molecular formula is C21H22ClN5S. The van der Waals surface area contributed by atoms with Crippen molar-refractivity contribution < 1.29 is 0 Å². The lowest BCUT2D eigenvalue weighted by Crippen LogP contribution is -2.31. The minimum Gasteiger partial charge on any atom is -0.377 e. The van der Waals surface area contributed by atoms with Gasteiger partial charge < -0.3 is 15.2 Å². The Bertz CT molecular complexity index is 1210. The third-order valence-electron chi connectivity index (χ3n) is 5.02. The van der Waals surface area contributed by atoms with E-state index in [1.54, 1.807) is 0 Å². The average Bonchev–Trinajstić information content (AvgIpc) is 2.93. The lowest BCUT2D eigenvalue weighted by Gasteiger charge is -2.11. The van der Waals surface area contributed by atoms with Gasteiger partial charge in [-0.3, -0.25) is 0 Å². The molecule has 0 fully saturated rings. The Morgan fingerprint density at radius 3 is 2.50 bits per heavy atom. The maximum absolute atomic E-state index is 6.28. The molecule has 0 spiro atoms. The lowest BCUT2D eigenvalue weighted by atomic mass is 10.1. The minimum absolute atomic E-state index is 0.547. The van der Waals surface area contributed by atoms with Crippen LogP contribution in [0, 0.1) is 13.8 Å². The third kappa shape index (κ3) is 3.43. The van der Waals surface area contributed by atoms with E-state index in [0.29, 0.717) is 11.6 Å². The Balaban J connectivity index is 1.91. The maximum Gasteiger partial charge on any atom is 0.160 e. The van der Waals surface area contributed by atoms with Gasteiger partial charge in [0.15, 0.2) is 5.65 Å². The first-order valence-corrected chi connectivity index (χ1v) is 10.0. The predicted molar refractivity (Wildman–Crippen MR) is 122 cm³/mol. The fourth-order valence-corrected chi connectivity index (χ4v) is 3.81. The highest BCUT2D eigenvalue weighted by Crippen LogP contribution is 2.31. The highest BCUT2D eigenvalue weighted by atomic mass is 35.5. The summed E-state index contributed by atoms with van der Waals surface area (Å²) in [5.41, 5.74) is 6.90. The van der Waals surface area contributed by atoms with Gasteiger partial charge in [0.25, 0.3) is 0 Å². The van der Waals surface area contributed by atoms with E-state index in [9.17, 15) is 0 Å². The first kappa shape index (κ1) is 19.1. The van der Waals surface area contributed by atoms with Crippen LogP contribution in [0.25, 0.3) is 33.1 Å². The van der Waals surface area contributed by atoms with Crippen LogP contribution in [0.2, 0.25) is 5.02 Å². The van der Waals surface area contributed by atoms with Crippen LogP contribution in [0.15, 0.2) is 30.3 Å². The number of nitrogens with zero attached hydrogens (tertiary/aromatic N) is 3. The van der Waals surface area contributed by atoms with Crippen LogP contribution in [0.4, 0.5) is 0 Å². The van der Waals surface area contributed by atoms with Crippen LogP contribution in [-0.4, -0.2) is 39.7 Å². The van der Waals surface area contributed by atoms with Crippen LogP contribution in [-0.2, 0) is 6.54 Å². The van der Waals surface area contributed by atoms with Crippen LogP contribution < -0.4 is 10.6 Å². The number of rotatable bonds is 5. The molecule has 0 saturated heterocycles. The molecule has 2 aromatic carbocycles. The molecule has 0 aliphatic heterocycles. The number of hydrogen-bond donors (Lipinski definition) is 2. The van der Waals surface area contributed by atoms with Crippen molar-refractivity contribution >= 4 is 61.9 Å². The van der Waals surface area contributed by atoms with Crippen molar-refractivity contribution in [3.05, 3.63) is 46.5 Å². The molecule has 0 atom stereocenters. The molecule has 4 rings (SSSR count). The molecule has 2 heterocycles. The van der Waals surface area contributed by atoms with Gasteiger partial charge in [-0.25, -0.2) is 9.97 Å². The first-order valence-electron chi connectivity index (χ1n) is 9.25. The zero-order valence-corrected chi connectivity index (χ0v) is 17.7. The SMILES string of the molecule is CNCCNC(=S)Cn1c2ccc(Cl)cc2c2nc3cc(C)c(C)cc3nc21. The van der Waals surface area contributed by atoms with E-state index in [1.807, 2.05) is 25.2 Å². The minimum atomic E-state index is 0.547. The number of hydrogen-bond acceptors (Lipinski definition) is 4. The first-order chi connectivity index (χ1) is 13.5. The van der Waals surface area contributed by atoms with Crippen molar-refractivity contribution in [1.29, 1.82) is 0 Å². The number of aryl methyl sites for hydroxylation is 2. The summed E-state index contributed by atoms with van der Waals surface area (Å²) in [7, 11) is 1.92. The molecule has 2 N–H and O–H groups in total. The lowest BCUT2D eigenvalue weighted by molar-refractivity contribution is 0.748. The normalized spacial score (nSPS) is 11.6. The summed E-state index contributed by atoms with van der Waals surface area (Å²) in [6.07, 6.45) is 0. The number of nitrogens with one attached hydrogen (secondary N) is 2. The van der Waals surface area contributed by atoms with Crippen molar-refractivity contribution in [3.8, 4) is 0 Å². The van der Waals surface area contributed by atoms with Gasteiger partial charge in [-0.1, -0.05) is 23.8 Å². The second-order valence-electron chi connectivity index (χ2n) is 7.02. The molecule has 5 nitrogen and oxygen atoms in total. The Kier molecular flexibility index (Phi) is 5.19. The van der Waals surface area contributed by atoms with E-state index in [2.05, 4.69) is 41.2 Å². The largest absolute Gasteiger partial charge is 0.377 e. The Hall–Kier alpha value is -2.28. The molecule has 0 bridgehead atoms. The molecular weight excluding hydrogens is 390 g/mol. The van der Waals surface area contributed by atoms with E-state index in [1.165, 1.54) is 11.1 Å². The highest BCUT2D eigenvalue weighted by Gasteiger charge is 2.16. The van der Waals surface area contributed by atoms with Crippen molar-refractivity contribution in [2.24, 2.45) is 0 Å². The molecule has 0 aliphatic carbocycles. The van der Waals surface area contributed by atoms with Gasteiger partial charge in [-0.2, -0.15) is 0 Å². The summed E-state index contributed by atoms with van der Waals surface area (Å²) in [5.74, 6) is 0. The number of benzene rings is 2. The molecule has 0 amide bonds. The van der Waals surface area contributed by atoms with Crippen LogP contribution in [0.1, 0.15) is 11.1 Å². The molecule has 28 heavy (non-hydrogen) atoms. The molecule has 0 aliphatic rings. The van der Waals surface area contributed by atoms with Gasteiger partial charge in [0.05, 0.1) is 28.1 Å². The van der Waals surface area contributed by atoms with Crippen molar-refractivity contribution in [2.75, 3.05) is 20.1 Å². The molecule has 4 aromatic rings. The van der Waals surface area contributed by atoms with Crippen molar-refractivity contribution in [2.45, 2.75) is 20.4 Å². The summed E-state index contributed by atoms with van der Waals surface area (Å²) in [6, 6.07) is 10.0. The molecule has 0 unspecified atom stereocenters. The topological polar surface area (TPSA) is 54.8 Å². The fraction of sp³-hybridized carbons (Fsp3) is 0.286. The molecule has 2 aromatic heterocycles. The van der Waals surface area contributed by atoms with Gasteiger partial charge in [0.1, 0.15) is 5.52 Å². The summed E-state index contributed by atoms with van der Waals surface area (Å²) < 4.78 is 2.12. The summed E-state index contributed by atoms with van der Waals surface area (Å²) in [5, 5.41) is 8.08. The van der Waals surface area contributed by atoms with Crippen molar-refractivity contribution in [3.63, 3.8) is 0 Å². The summed E-state index contributed by atoms with van der Waals surface area (Å²) in [4.78, 5) is 10.7. The number of fused-ring (bicyclic) bond motifs is 4. The van der Waals surface area contributed by atoms with E-state index >= 15 is 0 Å².